The molecule has 7 heteroatoms. The topological polar surface area (TPSA) is 46.2 Å². The second-order valence-electron chi connectivity index (χ2n) is 14.2. The highest BCUT2D eigenvalue weighted by Gasteiger charge is 2.55. The summed E-state index contributed by atoms with van der Waals surface area (Å²) in [4.78, 5) is 0.0561. The van der Waals surface area contributed by atoms with Crippen molar-refractivity contribution in [2.45, 2.75) is 68.1 Å². The molecule has 4 aromatic rings. The van der Waals surface area contributed by atoms with E-state index in [9.17, 15) is 0 Å². The van der Waals surface area contributed by atoms with E-state index in [0.717, 1.165) is 17.5 Å². The molecule has 0 unspecified atom stereocenters. The Morgan fingerprint density at radius 1 is 0.735 bits per heavy atom. The van der Waals surface area contributed by atoms with Crippen molar-refractivity contribution in [3.8, 4) is 0 Å². The van der Waals surface area contributed by atoms with Gasteiger partial charge in [0.1, 0.15) is 12.2 Å². The summed E-state index contributed by atoms with van der Waals surface area (Å²) in [6, 6.07) is 42.5. The van der Waals surface area contributed by atoms with Gasteiger partial charge in [-0.15, -0.1) is 0 Å². The zero-order valence-corrected chi connectivity index (χ0v) is 31.6. The number of allylic oxidation sites excluding steroid dienone is 1. The molecule has 1 fully saturated rings. The first-order valence-corrected chi connectivity index (χ1v) is 20.2. The molecule has 0 amide bonds. The highest BCUT2D eigenvalue weighted by molar-refractivity contribution is 9.09. The first kappa shape index (κ1) is 35.9. The van der Waals surface area contributed by atoms with Gasteiger partial charge in [0.2, 0.25) is 0 Å². The van der Waals surface area contributed by atoms with Crippen LogP contribution in [0.4, 0.5) is 0 Å². The number of hydrogen-bond acceptors (Lipinski definition) is 5. The first-order chi connectivity index (χ1) is 23.8. The van der Waals surface area contributed by atoms with Crippen LogP contribution in [0.15, 0.2) is 133 Å². The number of rotatable bonds is 11. The maximum absolute atomic E-state index is 7.69. The van der Waals surface area contributed by atoms with E-state index in [4.69, 9.17) is 23.4 Å². The second-order valence-corrected chi connectivity index (χ2v) is 19.7. The van der Waals surface area contributed by atoms with E-state index in [1.807, 2.05) is 12.1 Å². The lowest BCUT2D eigenvalue weighted by Gasteiger charge is -2.51. The number of ether oxygens (including phenoxy) is 4. The summed E-state index contributed by atoms with van der Waals surface area (Å²) >= 11 is 4.11. The quantitative estimate of drug-likeness (QED) is 0.0668. The molecule has 0 radical (unpaired) electrons. The van der Waals surface area contributed by atoms with E-state index in [-0.39, 0.29) is 22.1 Å². The largest absolute Gasteiger partial charge is 0.406 e. The van der Waals surface area contributed by atoms with Crippen LogP contribution in [0.1, 0.15) is 56.9 Å². The predicted octanol–water partition coefficient (Wildman–Crippen LogP) is 8.55. The molecule has 0 saturated carbocycles. The Hall–Kier alpha value is -2.88. The van der Waals surface area contributed by atoms with Crippen LogP contribution < -0.4 is 10.4 Å². The maximum atomic E-state index is 7.69. The Morgan fingerprint density at radius 2 is 1.24 bits per heavy atom. The van der Waals surface area contributed by atoms with Crippen LogP contribution in [-0.2, 0) is 23.4 Å². The van der Waals surface area contributed by atoms with Crippen LogP contribution >= 0.6 is 15.9 Å². The van der Waals surface area contributed by atoms with Crippen LogP contribution in [0, 0.1) is 5.41 Å². The Bertz CT molecular complexity index is 1580. The molecule has 6 rings (SSSR count). The molecule has 1 heterocycles. The molecule has 0 aromatic heterocycles. The normalized spacial score (nSPS) is 26.0. The molecule has 258 valence electrons. The van der Waals surface area contributed by atoms with E-state index in [1.165, 1.54) is 10.4 Å². The van der Waals surface area contributed by atoms with Crippen LogP contribution in [0.2, 0.25) is 5.04 Å². The predicted molar refractivity (Wildman–Crippen MR) is 203 cm³/mol. The number of halogens is 1. The lowest BCUT2D eigenvalue weighted by molar-refractivity contribution is -0.258. The molecule has 0 spiro atoms. The lowest BCUT2D eigenvalue weighted by Crippen LogP contribution is -2.68. The fraction of sp³-hybridized carbons (Fsp3) is 0.381. The molecule has 49 heavy (non-hydrogen) atoms. The van der Waals surface area contributed by atoms with Gasteiger partial charge < -0.3 is 23.4 Å². The van der Waals surface area contributed by atoms with Gasteiger partial charge in [-0.2, -0.15) is 0 Å². The molecule has 2 aliphatic rings. The van der Waals surface area contributed by atoms with Crippen molar-refractivity contribution in [2.75, 3.05) is 26.9 Å². The van der Waals surface area contributed by atoms with Crippen molar-refractivity contribution in [1.82, 2.24) is 0 Å². The van der Waals surface area contributed by atoms with Crippen molar-refractivity contribution in [2.24, 2.45) is 5.41 Å². The summed E-state index contributed by atoms with van der Waals surface area (Å²) in [6.07, 6.45) is 4.45. The summed E-state index contributed by atoms with van der Waals surface area (Å²) in [7, 11) is -1.18. The third-order valence-electron chi connectivity index (χ3n) is 9.94. The summed E-state index contributed by atoms with van der Waals surface area (Å²) in [5.74, 6) is 0. The molecule has 6 atom stereocenters. The third-order valence-corrected chi connectivity index (χ3v) is 15.8. The van der Waals surface area contributed by atoms with Gasteiger partial charge >= 0.3 is 0 Å². The minimum absolute atomic E-state index is 0.0561. The molecule has 4 aromatic carbocycles. The summed E-state index contributed by atoms with van der Waals surface area (Å²) in [5.41, 5.74) is 1.54. The van der Waals surface area contributed by atoms with Crippen LogP contribution in [0.25, 0.3) is 0 Å². The Morgan fingerprint density at radius 3 is 1.76 bits per heavy atom. The van der Waals surface area contributed by atoms with Gasteiger partial charge in [0, 0.05) is 30.4 Å². The fourth-order valence-electron chi connectivity index (χ4n) is 7.59. The Labute approximate surface area is 301 Å². The van der Waals surface area contributed by atoms with Crippen molar-refractivity contribution in [1.29, 1.82) is 0 Å². The Balaban J connectivity index is 1.48. The molecule has 1 saturated heterocycles. The second kappa shape index (κ2) is 16.0. The molecule has 0 bridgehead atoms. The van der Waals surface area contributed by atoms with Gasteiger partial charge in [0.25, 0.3) is 8.32 Å². The van der Waals surface area contributed by atoms with Crippen molar-refractivity contribution in [3.63, 3.8) is 0 Å². The molecule has 1 aliphatic carbocycles. The van der Waals surface area contributed by atoms with Gasteiger partial charge in [-0.25, -0.2) is 0 Å². The number of methoxy groups -OCH3 is 1. The van der Waals surface area contributed by atoms with Gasteiger partial charge in [-0.1, -0.05) is 170 Å². The van der Waals surface area contributed by atoms with Crippen molar-refractivity contribution in [3.05, 3.63) is 145 Å². The van der Waals surface area contributed by atoms with E-state index >= 15 is 0 Å². The van der Waals surface area contributed by atoms with Crippen LogP contribution in [0.5, 0.6) is 0 Å². The average molecular weight is 742 g/mol. The molecule has 1 aliphatic heterocycles. The third kappa shape index (κ3) is 7.74. The van der Waals surface area contributed by atoms with E-state index in [2.05, 4.69) is 158 Å². The van der Waals surface area contributed by atoms with Crippen molar-refractivity contribution < 1.29 is 23.4 Å². The number of fused-ring (bicyclic) bond motifs is 1. The molecule has 5 nitrogen and oxygen atoms in total. The standard InChI is InChI=1S/C42H49BrO5Si/c1-41(2,3)49(34-22-13-7-14-23-34,35-24-15-8-16-25-35)46-31-42-27-17-26-36(43)40(42)48-39(33-20-11-6-12-21-33)38(32-18-9-5-10-19-32)47-37(30-42)45-29-28-44-4/h5-25,27,36-40H,26,28-31H2,1-4H3/t36-,37-,38-,39-,40+,42+/m1/s1. The minimum atomic E-state index is -2.87. The van der Waals surface area contributed by atoms with E-state index in [1.54, 1.807) is 7.11 Å². The number of benzene rings is 4. The first-order valence-electron chi connectivity index (χ1n) is 17.4. The summed E-state index contributed by atoms with van der Waals surface area (Å²) in [5, 5.41) is 2.32. The van der Waals surface area contributed by atoms with Crippen molar-refractivity contribution >= 4 is 34.6 Å². The smallest absolute Gasteiger partial charge is 0.261 e. The zero-order chi connectivity index (χ0) is 34.3. The van der Waals surface area contributed by atoms with Crippen LogP contribution in [0.3, 0.4) is 0 Å². The zero-order valence-electron chi connectivity index (χ0n) is 29.0. The summed E-state index contributed by atoms with van der Waals surface area (Å²) < 4.78 is 34.2. The van der Waals surface area contributed by atoms with Gasteiger partial charge in [0.05, 0.1) is 19.3 Å². The van der Waals surface area contributed by atoms with E-state index in [0.29, 0.717) is 26.2 Å². The highest BCUT2D eigenvalue weighted by atomic mass is 79.9. The summed E-state index contributed by atoms with van der Waals surface area (Å²) in [6.45, 7) is 8.29. The monoisotopic (exact) mass is 740 g/mol. The SMILES string of the molecule is COCCO[C@H]1C[C@]2(CO[Si](c3ccccc3)(c3ccccc3)C(C)(C)C)C=CC[C@@H](Br)[C@@H]2O[C@H](c2ccccc2)[C@@H](c2ccccc2)O1. The highest BCUT2D eigenvalue weighted by Crippen LogP contribution is 2.50. The number of hydrogen-bond donors (Lipinski definition) is 0. The number of alkyl halides is 1. The Kier molecular flexibility index (Phi) is 11.7. The lowest BCUT2D eigenvalue weighted by atomic mass is 9.73. The minimum Gasteiger partial charge on any atom is -0.406 e. The van der Waals surface area contributed by atoms with Gasteiger partial charge in [0.15, 0.2) is 6.29 Å². The van der Waals surface area contributed by atoms with Gasteiger partial charge in [-0.3, -0.25) is 0 Å². The maximum Gasteiger partial charge on any atom is 0.261 e. The van der Waals surface area contributed by atoms with Gasteiger partial charge in [-0.05, 0) is 33.0 Å². The molecule has 0 N–H and O–H groups in total. The molecular formula is C42H49BrO5Si. The van der Waals surface area contributed by atoms with E-state index < -0.39 is 26.1 Å². The fourth-order valence-corrected chi connectivity index (χ4v) is 13.1. The van der Waals surface area contributed by atoms with Crippen LogP contribution in [-0.4, -0.2) is 52.5 Å². The average Bonchev–Trinajstić information content (AvgIpc) is 3.11. The molecular weight excluding hydrogens is 692 g/mol.